The van der Waals surface area contributed by atoms with Crippen LogP contribution in [0.1, 0.15) is 36.8 Å². The summed E-state index contributed by atoms with van der Waals surface area (Å²) in [5.74, 6) is 0.204. The highest BCUT2D eigenvalue weighted by atomic mass is 32.2. The van der Waals surface area contributed by atoms with Crippen LogP contribution in [0.25, 0.3) is 0 Å². The second-order valence-corrected chi connectivity index (χ2v) is 10.5. The molecule has 0 atom stereocenters. The Morgan fingerprint density at radius 2 is 1.47 bits per heavy atom. The molecule has 2 N–H and O–H groups in total. The number of rotatable bonds is 6. The lowest BCUT2D eigenvalue weighted by molar-refractivity contribution is -0.135. The molecule has 1 aliphatic heterocycles. The Morgan fingerprint density at radius 1 is 0.844 bits per heavy atom. The van der Waals surface area contributed by atoms with Gasteiger partial charge in [-0.2, -0.15) is 0 Å². The van der Waals surface area contributed by atoms with E-state index in [1.165, 1.54) is 12.1 Å². The Morgan fingerprint density at radius 3 is 2.06 bits per heavy atom. The zero-order chi connectivity index (χ0) is 22.9. The molecule has 1 saturated carbocycles. The summed E-state index contributed by atoms with van der Waals surface area (Å²) in [5, 5.41) is 2.88. The lowest BCUT2D eigenvalue weighted by Crippen LogP contribution is -2.42. The van der Waals surface area contributed by atoms with Crippen LogP contribution in [0.5, 0.6) is 0 Å². The second-order valence-electron chi connectivity index (χ2n) is 8.79. The van der Waals surface area contributed by atoms with Gasteiger partial charge in [-0.05, 0) is 87.1 Å². The zero-order valence-corrected chi connectivity index (χ0v) is 19.2. The van der Waals surface area contributed by atoms with Gasteiger partial charge in [0.25, 0.3) is 10.0 Å². The van der Waals surface area contributed by atoms with Crippen molar-refractivity contribution in [2.24, 2.45) is 11.8 Å². The van der Waals surface area contributed by atoms with Crippen LogP contribution in [0.2, 0.25) is 0 Å². The molecule has 4 rings (SSSR count). The second kappa shape index (κ2) is 8.94. The summed E-state index contributed by atoms with van der Waals surface area (Å²) in [5.41, 5.74) is 3.16. The molecule has 0 radical (unpaired) electrons. The van der Waals surface area contributed by atoms with Crippen molar-refractivity contribution >= 4 is 33.2 Å². The van der Waals surface area contributed by atoms with Crippen molar-refractivity contribution in [2.75, 3.05) is 23.1 Å². The molecule has 7 nitrogen and oxygen atoms in total. The lowest BCUT2D eigenvalue weighted by Gasteiger charge is -2.31. The minimum atomic E-state index is -3.73. The summed E-state index contributed by atoms with van der Waals surface area (Å²) in [6.07, 6.45) is 3.28. The normalized spacial score (nSPS) is 17.1. The molecule has 32 heavy (non-hydrogen) atoms. The van der Waals surface area contributed by atoms with E-state index in [2.05, 4.69) is 10.0 Å². The highest BCUT2D eigenvalue weighted by Gasteiger charge is 2.36. The van der Waals surface area contributed by atoms with Crippen LogP contribution in [0, 0.1) is 25.7 Å². The molecule has 1 aliphatic carbocycles. The SMILES string of the molecule is Cc1ccc(NS(=O)(=O)c2ccc(NC(=O)C3CCN(C(=O)C4CC4)CC3)cc2)cc1C. The summed E-state index contributed by atoms with van der Waals surface area (Å²) in [4.78, 5) is 26.8. The first-order valence-corrected chi connectivity index (χ1v) is 12.5. The van der Waals surface area contributed by atoms with Gasteiger partial charge in [-0.3, -0.25) is 14.3 Å². The minimum Gasteiger partial charge on any atom is -0.342 e. The van der Waals surface area contributed by atoms with Crippen molar-refractivity contribution in [3.05, 3.63) is 53.6 Å². The van der Waals surface area contributed by atoms with Crippen molar-refractivity contribution in [3.63, 3.8) is 0 Å². The number of piperidine rings is 1. The Bertz CT molecular complexity index is 1120. The molecule has 8 heteroatoms. The van der Waals surface area contributed by atoms with Gasteiger partial charge in [0.15, 0.2) is 0 Å². The summed E-state index contributed by atoms with van der Waals surface area (Å²) in [6, 6.07) is 11.6. The molecule has 2 fully saturated rings. The van der Waals surface area contributed by atoms with Crippen LogP contribution < -0.4 is 10.0 Å². The highest BCUT2D eigenvalue weighted by Crippen LogP contribution is 2.32. The fourth-order valence-electron chi connectivity index (χ4n) is 3.93. The number of anilines is 2. The van der Waals surface area contributed by atoms with Crippen molar-refractivity contribution in [1.29, 1.82) is 0 Å². The summed E-state index contributed by atoms with van der Waals surface area (Å²) in [6.45, 7) is 5.14. The number of likely N-dealkylation sites (tertiary alicyclic amines) is 1. The molecule has 170 valence electrons. The fourth-order valence-corrected chi connectivity index (χ4v) is 4.98. The number of amides is 2. The fraction of sp³-hybridized carbons (Fsp3) is 0.417. The van der Waals surface area contributed by atoms with Crippen LogP contribution in [-0.2, 0) is 19.6 Å². The summed E-state index contributed by atoms with van der Waals surface area (Å²) in [7, 11) is -3.73. The third-order valence-corrected chi connectivity index (χ3v) is 7.69. The molecule has 0 unspecified atom stereocenters. The van der Waals surface area contributed by atoms with Crippen molar-refractivity contribution in [3.8, 4) is 0 Å². The van der Waals surface area contributed by atoms with Crippen LogP contribution in [0.4, 0.5) is 11.4 Å². The molecule has 1 saturated heterocycles. The first-order valence-electron chi connectivity index (χ1n) is 11.0. The number of hydrogen-bond donors (Lipinski definition) is 2. The van der Waals surface area contributed by atoms with Gasteiger partial charge < -0.3 is 10.2 Å². The van der Waals surface area contributed by atoms with Crippen molar-refractivity contribution in [2.45, 2.75) is 44.4 Å². The molecule has 2 aromatic carbocycles. The maximum absolute atomic E-state index is 12.7. The number of carbonyl (C=O) groups excluding carboxylic acids is 2. The van der Waals surface area contributed by atoms with Crippen LogP contribution in [0.3, 0.4) is 0 Å². The number of nitrogens with zero attached hydrogens (tertiary/aromatic N) is 1. The van der Waals surface area contributed by atoms with Gasteiger partial charge in [0, 0.05) is 36.3 Å². The van der Waals surface area contributed by atoms with E-state index < -0.39 is 10.0 Å². The maximum Gasteiger partial charge on any atom is 0.261 e. The van der Waals surface area contributed by atoms with E-state index in [9.17, 15) is 18.0 Å². The van der Waals surface area contributed by atoms with E-state index in [1.807, 2.05) is 24.8 Å². The molecule has 2 aromatic rings. The van der Waals surface area contributed by atoms with Crippen molar-refractivity contribution < 1.29 is 18.0 Å². The zero-order valence-electron chi connectivity index (χ0n) is 18.4. The summed E-state index contributed by atoms with van der Waals surface area (Å²) < 4.78 is 28.0. The van der Waals surface area contributed by atoms with Gasteiger partial charge in [-0.1, -0.05) is 6.07 Å². The van der Waals surface area contributed by atoms with E-state index in [0.717, 1.165) is 24.0 Å². The molecule has 0 bridgehead atoms. The van der Waals surface area contributed by atoms with E-state index in [0.29, 0.717) is 37.3 Å². The van der Waals surface area contributed by atoms with E-state index in [1.54, 1.807) is 24.3 Å². The molecule has 2 aliphatic rings. The Kier molecular flexibility index (Phi) is 6.24. The van der Waals surface area contributed by atoms with E-state index in [-0.39, 0.29) is 28.5 Å². The Hall–Kier alpha value is -2.87. The predicted octanol–water partition coefficient (Wildman–Crippen LogP) is 3.69. The third kappa shape index (κ3) is 5.12. The Labute approximate surface area is 189 Å². The standard InChI is InChI=1S/C24H29N3O4S/c1-16-3-6-21(15-17(16)2)26-32(30,31)22-9-7-20(8-10-22)25-23(28)18-11-13-27(14-12-18)24(29)19-4-5-19/h3,6-10,15,18-19,26H,4-5,11-14H2,1-2H3,(H,25,28). The van der Waals surface area contributed by atoms with Crippen LogP contribution in [-0.4, -0.2) is 38.2 Å². The molecule has 1 heterocycles. The largest absolute Gasteiger partial charge is 0.342 e. The van der Waals surface area contributed by atoms with Crippen LogP contribution >= 0.6 is 0 Å². The van der Waals surface area contributed by atoms with Gasteiger partial charge in [0.05, 0.1) is 4.90 Å². The monoisotopic (exact) mass is 455 g/mol. The van der Waals surface area contributed by atoms with Gasteiger partial charge in [0.1, 0.15) is 0 Å². The Balaban J connectivity index is 1.33. The molecular formula is C24H29N3O4S. The third-order valence-electron chi connectivity index (χ3n) is 6.30. The number of sulfonamides is 1. The predicted molar refractivity (Wildman–Crippen MR) is 124 cm³/mol. The van der Waals surface area contributed by atoms with Gasteiger partial charge in [-0.25, -0.2) is 8.42 Å². The number of carbonyl (C=O) groups is 2. The van der Waals surface area contributed by atoms with E-state index in [4.69, 9.17) is 0 Å². The molecular weight excluding hydrogens is 426 g/mol. The topological polar surface area (TPSA) is 95.6 Å². The van der Waals surface area contributed by atoms with Crippen molar-refractivity contribution in [1.82, 2.24) is 4.90 Å². The van der Waals surface area contributed by atoms with Gasteiger partial charge in [0.2, 0.25) is 11.8 Å². The molecule has 0 aromatic heterocycles. The maximum atomic E-state index is 12.7. The average molecular weight is 456 g/mol. The molecule has 0 spiro atoms. The first kappa shape index (κ1) is 22.3. The average Bonchev–Trinajstić information content (AvgIpc) is 3.61. The highest BCUT2D eigenvalue weighted by molar-refractivity contribution is 7.92. The first-order chi connectivity index (χ1) is 15.2. The van der Waals surface area contributed by atoms with E-state index >= 15 is 0 Å². The summed E-state index contributed by atoms with van der Waals surface area (Å²) >= 11 is 0. The smallest absolute Gasteiger partial charge is 0.261 e. The lowest BCUT2D eigenvalue weighted by atomic mass is 9.95. The number of nitrogens with one attached hydrogen (secondary N) is 2. The number of benzene rings is 2. The minimum absolute atomic E-state index is 0.0904. The number of aryl methyl sites for hydroxylation is 2. The van der Waals surface area contributed by atoms with Crippen LogP contribution in [0.15, 0.2) is 47.4 Å². The quantitative estimate of drug-likeness (QED) is 0.694. The van der Waals surface area contributed by atoms with Gasteiger partial charge >= 0.3 is 0 Å². The van der Waals surface area contributed by atoms with Gasteiger partial charge in [-0.15, -0.1) is 0 Å². The number of hydrogen-bond acceptors (Lipinski definition) is 4. The molecule has 2 amide bonds.